The van der Waals surface area contributed by atoms with E-state index in [9.17, 15) is 13.2 Å². The van der Waals surface area contributed by atoms with Crippen molar-refractivity contribution in [2.24, 2.45) is 0 Å². The highest BCUT2D eigenvalue weighted by atomic mass is 32.2. The maximum atomic E-state index is 12.2. The maximum absolute atomic E-state index is 12.2. The van der Waals surface area contributed by atoms with Gasteiger partial charge in [0.2, 0.25) is 5.91 Å². The molecule has 1 aromatic carbocycles. The zero-order valence-corrected chi connectivity index (χ0v) is 15.1. The number of carbonyl (C=O) groups excluding carboxylic acids is 1. The summed E-state index contributed by atoms with van der Waals surface area (Å²) >= 11 is 0. The van der Waals surface area contributed by atoms with E-state index >= 15 is 0 Å². The number of hydrogen-bond donors (Lipinski definition) is 1. The lowest BCUT2D eigenvalue weighted by molar-refractivity contribution is -0.120. The Morgan fingerprint density at radius 2 is 1.73 bits per heavy atom. The zero-order chi connectivity index (χ0) is 17.1. The van der Waals surface area contributed by atoms with Crippen molar-refractivity contribution in [1.82, 2.24) is 5.32 Å². The van der Waals surface area contributed by atoms with E-state index in [2.05, 4.69) is 5.32 Å². The Balaban J connectivity index is 2.81. The average molecular weight is 325 g/mol. The second kappa shape index (κ2) is 6.82. The van der Waals surface area contributed by atoms with Crippen LogP contribution in [-0.2, 0) is 20.0 Å². The molecule has 1 N–H and O–H groups in total. The zero-order valence-electron chi connectivity index (χ0n) is 14.3. The molecule has 0 aromatic heterocycles. The standard InChI is InChI=1S/C17H27NO3S/c1-12(2)22(20,21)14(4)16(19)18-11-17(5,6)15-10-8-7-9-13(15)3/h7-10,12,14H,11H2,1-6H3,(H,18,19)/t14-/m1/s1. The maximum Gasteiger partial charge on any atom is 0.238 e. The molecule has 0 aliphatic rings. The third-order valence-electron chi connectivity index (χ3n) is 4.10. The predicted molar refractivity (Wildman–Crippen MR) is 90.7 cm³/mol. The first kappa shape index (κ1) is 18.7. The van der Waals surface area contributed by atoms with E-state index in [1.165, 1.54) is 6.92 Å². The molecule has 4 nitrogen and oxygen atoms in total. The second-order valence-corrected chi connectivity index (χ2v) is 9.52. The molecule has 1 atom stereocenters. The van der Waals surface area contributed by atoms with Gasteiger partial charge in [-0.05, 0) is 38.8 Å². The molecule has 0 radical (unpaired) electrons. The molecule has 0 spiro atoms. The van der Waals surface area contributed by atoms with Crippen molar-refractivity contribution < 1.29 is 13.2 Å². The molecule has 0 aliphatic carbocycles. The summed E-state index contributed by atoms with van der Waals surface area (Å²) in [5, 5.41) is 1.21. The third-order valence-corrected chi connectivity index (χ3v) is 6.61. The van der Waals surface area contributed by atoms with Gasteiger partial charge >= 0.3 is 0 Å². The fourth-order valence-electron chi connectivity index (χ4n) is 2.44. The first-order valence-electron chi connectivity index (χ1n) is 7.56. The quantitative estimate of drug-likeness (QED) is 0.874. The molecule has 0 bridgehead atoms. The first-order chi connectivity index (χ1) is 10.00. The lowest BCUT2D eigenvalue weighted by Gasteiger charge is -2.28. The topological polar surface area (TPSA) is 63.2 Å². The Kier molecular flexibility index (Phi) is 5.79. The number of benzene rings is 1. The van der Waals surface area contributed by atoms with Crippen molar-refractivity contribution in [3.8, 4) is 0 Å². The SMILES string of the molecule is Cc1ccccc1C(C)(C)CNC(=O)[C@@H](C)S(=O)(=O)C(C)C. The molecular weight excluding hydrogens is 298 g/mol. The molecule has 22 heavy (non-hydrogen) atoms. The molecule has 1 aromatic rings. The molecule has 0 unspecified atom stereocenters. The summed E-state index contributed by atoms with van der Waals surface area (Å²) in [4.78, 5) is 12.2. The summed E-state index contributed by atoms with van der Waals surface area (Å²) < 4.78 is 24.1. The highest BCUT2D eigenvalue weighted by molar-refractivity contribution is 7.93. The molecule has 0 fully saturated rings. The van der Waals surface area contributed by atoms with Gasteiger partial charge in [0.15, 0.2) is 9.84 Å². The van der Waals surface area contributed by atoms with Gasteiger partial charge < -0.3 is 5.32 Å². The Morgan fingerprint density at radius 3 is 2.23 bits per heavy atom. The highest BCUT2D eigenvalue weighted by Gasteiger charge is 2.32. The van der Waals surface area contributed by atoms with Crippen LogP contribution in [0.4, 0.5) is 0 Å². The van der Waals surface area contributed by atoms with Crippen LogP contribution in [0.3, 0.4) is 0 Å². The Labute approximate surface area is 134 Å². The second-order valence-electron chi connectivity index (χ2n) is 6.70. The van der Waals surface area contributed by atoms with Crippen LogP contribution in [0.2, 0.25) is 0 Å². The molecule has 0 aliphatic heterocycles. The van der Waals surface area contributed by atoms with Gasteiger partial charge in [0.25, 0.3) is 0 Å². The van der Waals surface area contributed by atoms with Gasteiger partial charge in [0.05, 0.1) is 5.25 Å². The van der Waals surface area contributed by atoms with E-state index in [-0.39, 0.29) is 5.41 Å². The summed E-state index contributed by atoms with van der Waals surface area (Å²) in [6, 6.07) is 8.02. The van der Waals surface area contributed by atoms with Crippen LogP contribution in [0.25, 0.3) is 0 Å². The van der Waals surface area contributed by atoms with Crippen molar-refractivity contribution in [3.05, 3.63) is 35.4 Å². The number of amides is 1. The van der Waals surface area contributed by atoms with E-state index in [0.29, 0.717) is 6.54 Å². The fraction of sp³-hybridized carbons (Fsp3) is 0.588. The first-order valence-corrected chi connectivity index (χ1v) is 9.17. The Hall–Kier alpha value is -1.36. The van der Waals surface area contributed by atoms with Crippen LogP contribution in [0.5, 0.6) is 0 Å². The number of carbonyl (C=O) groups is 1. The number of rotatable bonds is 6. The summed E-state index contributed by atoms with van der Waals surface area (Å²) in [7, 11) is -3.43. The van der Waals surface area contributed by atoms with E-state index < -0.39 is 26.2 Å². The third kappa shape index (κ3) is 4.09. The van der Waals surface area contributed by atoms with Gasteiger partial charge in [-0.3, -0.25) is 4.79 Å². The predicted octanol–water partition coefficient (Wildman–Crippen LogP) is 2.60. The summed E-state index contributed by atoms with van der Waals surface area (Å²) in [5.74, 6) is -0.435. The monoisotopic (exact) mass is 325 g/mol. The highest BCUT2D eigenvalue weighted by Crippen LogP contribution is 2.25. The Bertz CT molecular complexity index is 633. The lowest BCUT2D eigenvalue weighted by atomic mass is 9.82. The normalized spacial score (nSPS) is 14.0. The van der Waals surface area contributed by atoms with Crippen LogP contribution >= 0.6 is 0 Å². The van der Waals surface area contributed by atoms with Gasteiger partial charge in [-0.15, -0.1) is 0 Å². The van der Waals surface area contributed by atoms with Crippen LogP contribution in [0.1, 0.15) is 45.7 Å². The van der Waals surface area contributed by atoms with E-state index in [1.807, 2.05) is 45.0 Å². The van der Waals surface area contributed by atoms with E-state index in [0.717, 1.165) is 11.1 Å². The van der Waals surface area contributed by atoms with Crippen LogP contribution in [0, 0.1) is 6.92 Å². The minimum Gasteiger partial charge on any atom is -0.354 e. The van der Waals surface area contributed by atoms with Crippen molar-refractivity contribution in [1.29, 1.82) is 0 Å². The van der Waals surface area contributed by atoms with Crippen molar-refractivity contribution in [2.75, 3.05) is 6.54 Å². The molecule has 0 heterocycles. The fourth-order valence-corrected chi connectivity index (χ4v) is 3.63. The van der Waals surface area contributed by atoms with Gasteiger partial charge in [0, 0.05) is 12.0 Å². The summed E-state index contributed by atoms with van der Waals surface area (Å²) in [5.41, 5.74) is 2.04. The van der Waals surface area contributed by atoms with Crippen LogP contribution in [-0.4, -0.2) is 31.4 Å². The van der Waals surface area contributed by atoms with Crippen molar-refractivity contribution in [3.63, 3.8) is 0 Å². The summed E-state index contributed by atoms with van der Waals surface area (Å²) in [6.07, 6.45) is 0. The van der Waals surface area contributed by atoms with Gasteiger partial charge in [-0.2, -0.15) is 0 Å². The van der Waals surface area contributed by atoms with Crippen LogP contribution in [0.15, 0.2) is 24.3 Å². The number of hydrogen-bond acceptors (Lipinski definition) is 3. The molecule has 0 saturated heterocycles. The van der Waals surface area contributed by atoms with Gasteiger partial charge in [-0.25, -0.2) is 8.42 Å². The molecule has 0 saturated carbocycles. The molecule has 1 rings (SSSR count). The summed E-state index contributed by atoms with van der Waals surface area (Å²) in [6.45, 7) is 11.1. The number of aryl methyl sites for hydroxylation is 1. The van der Waals surface area contributed by atoms with Crippen LogP contribution < -0.4 is 5.32 Å². The average Bonchev–Trinajstić information content (AvgIpc) is 2.44. The molecule has 5 heteroatoms. The molecule has 1 amide bonds. The minimum atomic E-state index is -3.43. The number of sulfone groups is 1. The lowest BCUT2D eigenvalue weighted by Crippen LogP contribution is -2.45. The molecular formula is C17H27NO3S. The van der Waals surface area contributed by atoms with E-state index in [4.69, 9.17) is 0 Å². The molecule has 124 valence electrons. The number of nitrogens with one attached hydrogen (secondary N) is 1. The van der Waals surface area contributed by atoms with Crippen molar-refractivity contribution >= 4 is 15.7 Å². The largest absolute Gasteiger partial charge is 0.354 e. The van der Waals surface area contributed by atoms with Gasteiger partial charge in [0.1, 0.15) is 5.25 Å². The van der Waals surface area contributed by atoms with Gasteiger partial charge in [-0.1, -0.05) is 38.1 Å². The smallest absolute Gasteiger partial charge is 0.238 e. The minimum absolute atomic E-state index is 0.262. The van der Waals surface area contributed by atoms with Crippen molar-refractivity contribution in [2.45, 2.75) is 57.5 Å². The Morgan fingerprint density at radius 1 is 1.18 bits per heavy atom. The van der Waals surface area contributed by atoms with E-state index in [1.54, 1.807) is 13.8 Å².